The zero-order valence-corrected chi connectivity index (χ0v) is 12.1. The number of ketones is 1. The summed E-state index contributed by atoms with van der Waals surface area (Å²) in [5.41, 5.74) is -0.598. The number of carbonyl (C=O) groups is 1. The maximum atomic E-state index is 12.5. The van der Waals surface area contributed by atoms with Crippen molar-refractivity contribution >= 4 is 17.1 Å². The van der Waals surface area contributed by atoms with Crippen molar-refractivity contribution in [3.05, 3.63) is 62.1 Å². The van der Waals surface area contributed by atoms with Gasteiger partial charge in [0.1, 0.15) is 11.6 Å². The van der Waals surface area contributed by atoms with E-state index >= 15 is 0 Å². The number of hydrogen-bond donors (Lipinski definition) is 1. The number of rotatable bonds is 4. The fourth-order valence-electron chi connectivity index (χ4n) is 2.05. The minimum absolute atomic E-state index is 0.0181. The van der Waals surface area contributed by atoms with Crippen LogP contribution in [0.5, 0.6) is 5.88 Å². The second kappa shape index (κ2) is 5.77. The van der Waals surface area contributed by atoms with Gasteiger partial charge >= 0.3 is 0 Å². The molecule has 21 heavy (non-hydrogen) atoms. The summed E-state index contributed by atoms with van der Waals surface area (Å²) in [5, 5.41) is 21.1. The molecule has 0 aliphatic carbocycles. The molecule has 2 heterocycles. The summed E-state index contributed by atoms with van der Waals surface area (Å²) >= 11 is 1.23. The summed E-state index contributed by atoms with van der Waals surface area (Å²) < 4.78 is 0.972. The molecule has 5 nitrogen and oxygen atoms in total. The van der Waals surface area contributed by atoms with Crippen molar-refractivity contribution in [2.45, 2.75) is 13.5 Å². The Morgan fingerprint density at radius 2 is 2.33 bits per heavy atom. The number of aromatic hydroxyl groups is 1. The van der Waals surface area contributed by atoms with E-state index in [9.17, 15) is 14.7 Å². The Hall–Kier alpha value is -2.65. The first-order chi connectivity index (χ1) is 10.0. The molecule has 2 rings (SSSR count). The van der Waals surface area contributed by atoms with Crippen molar-refractivity contribution in [3.63, 3.8) is 0 Å². The highest BCUT2D eigenvalue weighted by Gasteiger charge is 2.24. The van der Waals surface area contributed by atoms with Gasteiger partial charge in [0, 0.05) is 6.54 Å². The highest BCUT2D eigenvalue weighted by atomic mass is 32.1. The van der Waals surface area contributed by atoms with Gasteiger partial charge in [-0.2, -0.15) is 5.26 Å². The predicted molar refractivity (Wildman–Crippen MR) is 79.8 cm³/mol. The SMILES string of the molecule is C=CCn1c(O)c(C(=O)c2cccs2)c(C)c(C#N)c1=O. The van der Waals surface area contributed by atoms with Gasteiger partial charge in [-0.3, -0.25) is 14.2 Å². The molecule has 0 radical (unpaired) electrons. The standard InChI is InChI=1S/C15H12N2O3S/c1-3-6-17-14(19)10(8-16)9(2)12(15(17)20)13(18)11-5-4-7-21-11/h3-5,7,20H,1,6H2,2H3. The average Bonchev–Trinajstić information content (AvgIpc) is 2.98. The van der Waals surface area contributed by atoms with E-state index in [1.807, 2.05) is 0 Å². The largest absolute Gasteiger partial charge is 0.494 e. The van der Waals surface area contributed by atoms with Crippen LogP contribution in [0.1, 0.15) is 26.4 Å². The summed E-state index contributed by atoms with van der Waals surface area (Å²) in [4.78, 5) is 25.0. The van der Waals surface area contributed by atoms with Gasteiger partial charge in [-0.05, 0) is 23.9 Å². The molecule has 6 heteroatoms. The quantitative estimate of drug-likeness (QED) is 0.693. The van der Waals surface area contributed by atoms with Gasteiger partial charge in [0.15, 0.2) is 0 Å². The summed E-state index contributed by atoms with van der Waals surface area (Å²) in [7, 11) is 0. The Morgan fingerprint density at radius 1 is 1.62 bits per heavy atom. The summed E-state index contributed by atoms with van der Waals surface area (Å²) in [6.45, 7) is 5.01. The van der Waals surface area contributed by atoms with Crippen molar-refractivity contribution in [3.8, 4) is 11.9 Å². The van der Waals surface area contributed by atoms with Crippen LogP contribution in [-0.4, -0.2) is 15.5 Å². The first kappa shape index (κ1) is 14.8. The molecule has 106 valence electrons. The fourth-order valence-corrected chi connectivity index (χ4v) is 2.72. The van der Waals surface area contributed by atoms with E-state index in [0.29, 0.717) is 4.88 Å². The lowest BCUT2D eigenvalue weighted by Gasteiger charge is -2.13. The van der Waals surface area contributed by atoms with Crippen LogP contribution in [0.15, 0.2) is 35.0 Å². The van der Waals surface area contributed by atoms with Crippen molar-refractivity contribution in [2.75, 3.05) is 0 Å². The lowest BCUT2D eigenvalue weighted by Crippen LogP contribution is -2.26. The van der Waals surface area contributed by atoms with Gasteiger partial charge in [-0.25, -0.2) is 0 Å². The highest BCUT2D eigenvalue weighted by molar-refractivity contribution is 7.12. The van der Waals surface area contributed by atoms with Crippen LogP contribution in [0.3, 0.4) is 0 Å². The molecule has 0 amide bonds. The lowest BCUT2D eigenvalue weighted by atomic mass is 10.0. The molecular formula is C15H12N2O3S. The molecule has 0 saturated carbocycles. The number of nitriles is 1. The van der Waals surface area contributed by atoms with Crippen LogP contribution in [0.2, 0.25) is 0 Å². The third-order valence-electron chi connectivity index (χ3n) is 3.08. The van der Waals surface area contributed by atoms with Gasteiger partial charge in [-0.1, -0.05) is 12.1 Å². The van der Waals surface area contributed by atoms with E-state index in [4.69, 9.17) is 5.26 Å². The second-order valence-corrected chi connectivity index (χ2v) is 5.27. The number of aromatic nitrogens is 1. The summed E-state index contributed by atoms with van der Waals surface area (Å²) in [6, 6.07) is 5.15. The van der Waals surface area contributed by atoms with Gasteiger partial charge in [0.05, 0.1) is 10.4 Å². The van der Waals surface area contributed by atoms with E-state index in [2.05, 4.69) is 6.58 Å². The third-order valence-corrected chi connectivity index (χ3v) is 3.95. The van der Waals surface area contributed by atoms with Crippen LogP contribution < -0.4 is 5.56 Å². The summed E-state index contributed by atoms with van der Waals surface area (Å²) in [6.07, 6.45) is 1.41. The first-order valence-electron chi connectivity index (χ1n) is 6.08. The van der Waals surface area contributed by atoms with E-state index in [0.717, 1.165) is 4.57 Å². The van der Waals surface area contributed by atoms with Crippen LogP contribution in [0.25, 0.3) is 0 Å². The Morgan fingerprint density at radius 3 is 2.86 bits per heavy atom. The van der Waals surface area contributed by atoms with Crippen molar-refractivity contribution < 1.29 is 9.90 Å². The molecule has 0 aliphatic rings. The molecule has 0 spiro atoms. The third kappa shape index (κ3) is 2.39. The highest BCUT2D eigenvalue weighted by Crippen LogP contribution is 2.26. The van der Waals surface area contributed by atoms with E-state index in [1.54, 1.807) is 23.6 Å². The van der Waals surface area contributed by atoms with Gasteiger partial charge in [0.2, 0.25) is 11.7 Å². The molecule has 0 unspecified atom stereocenters. The van der Waals surface area contributed by atoms with Crippen LogP contribution in [0, 0.1) is 18.3 Å². The van der Waals surface area contributed by atoms with Crippen molar-refractivity contribution in [1.29, 1.82) is 5.26 Å². The van der Waals surface area contributed by atoms with E-state index in [1.165, 1.54) is 24.3 Å². The molecule has 0 atom stereocenters. The molecule has 0 fully saturated rings. The number of thiophene rings is 1. The van der Waals surface area contributed by atoms with Crippen LogP contribution >= 0.6 is 11.3 Å². The first-order valence-corrected chi connectivity index (χ1v) is 6.96. The Bertz CT molecular complexity index is 811. The average molecular weight is 300 g/mol. The van der Waals surface area contributed by atoms with E-state index in [-0.39, 0.29) is 23.2 Å². The molecular weight excluding hydrogens is 288 g/mol. The van der Waals surface area contributed by atoms with Gasteiger partial charge in [-0.15, -0.1) is 17.9 Å². The lowest BCUT2D eigenvalue weighted by molar-refractivity contribution is 0.103. The molecule has 0 bridgehead atoms. The normalized spacial score (nSPS) is 10.1. The van der Waals surface area contributed by atoms with Crippen LogP contribution in [-0.2, 0) is 6.54 Å². The maximum absolute atomic E-state index is 12.5. The zero-order valence-electron chi connectivity index (χ0n) is 11.3. The number of hydrogen-bond acceptors (Lipinski definition) is 5. The number of nitrogens with zero attached hydrogens (tertiary/aromatic N) is 2. The van der Waals surface area contributed by atoms with Crippen molar-refractivity contribution in [2.24, 2.45) is 0 Å². The maximum Gasteiger partial charge on any atom is 0.271 e. The Balaban J connectivity index is 2.80. The summed E-state index contributed by atoms with van der Waals surface area (Å²) in [5.74, 6) is -0.843. The number of allylic oxidation sites excluding steroid dienone is 1. The smallest absolute Gasteiger partial charge is 0.271 e. The molecule has 2 aromatic rings. The second-order valence-electron chi connectivity index (χ2n) is 4.32. The minimum Gasteiger partial charge on any atom is -0.494 e. The van der Waals surface area contributed by atoms with E-state index < -0.39 is 17.2 Å². The number of pyridine rings is 1. The predicted octanol–water partition coefficient (Wildman–Crippen LogP) is 2.21. The monoisotopic (exact) mass is 300 g/mol. The molecule has 2 aromatic heterocycles. The molecule has 0 aliphatic heterocycles. The zero-order chi connectivity index (χ0) is 15.6. The van der Waals surface area contributed by atoms with Crippen LogP contribution in [0.4, 0.5) is 0 Å². The topological polar surface area (TPSA) is 83.1 Å². The molecule has 1 N–H and O–H groups in total. The number of carbonyl (C=O) groups excluding carboxylic acids is 1. The minimum atomic E-state index is -0.630. The van der Waals surface area contributed by atoms with Gasteiger partial charge < -0.3 is 5.11 Å². The molecule has 0 aromatic carbocycles. The Kier molecular flexibility index (Phi) is 4.05. The molecule has 0 saturated heterocycles. The van der Waals surface area contributed by atoms with Gasteiger partial charge in [0.25, 0.3) is 5.56 Å². The van der Waals surface area contributed by atoms with Crippen molar-refractivity contribution in [1.82, 2.24) is 4.57 Å². The fraction of sp³-hybridized carbons (Fsp3) is 0.133. The Labute approximate surface area is 125 Å².